The van der Waals surface area contributed by atoms with Crippen LogP contribution < -0.4 is 10.6 Å². The van der Waals surface area contributed by atoms with Gasteiger partial charge in [-0.2, -0.15) is 0 Å². The second kappa shape index (κ2) is 6.23. The summed E-state index contributed by atoms with van der Waals surface area (Å²) in [4.78, 5) is 10.1. The van der Waals surface area contributed by atoms with Gasteiger partial charge in [0, 0.05) is 0 Å². The minimum Gasteiger partial charge on any atom is -0.330 e. The number of halogens is 2. The highest BCUT2D eigenvalue weighted by molar-refractivity contribution is 7.80. The Morgan fingerprint density at radius 2 is 1.76 bits per heavy atom. The van der Waals surface area contributed by atoms with Crippen molar-refractivity contribution >= 4 is 34.4 Å². The smallest absolute Gasteiger partial charge is 0.295 e. The van der Waals surface area contributed by atoms with Crippen molar-refractivity contribution in [1.82, 2.24) is 0 Å². The monoisotopic (exact) mass is 309 g/mol. The zero-order chi connectivity index (χ0) is 15.4. The van der Waals surface area contributed by atoms with Gasteiger partial charge in [0.1, 0.15) is 17.3 Å². The molecule has 0 aliphatic carbocycles. The van der Waals surface area contributed by atoms with Crippen molar-refractivity contribution in [1.29, 1.82) is 0 Å². The molecule has 0 aliphatic rings. The third kappa shape index (κ3) is 3.69. The predicted octanol–water partition coefficient (Wildman–Crippen LogP) is 3.68. The maximum absolute atomic E-state index is 13.4. The minimum absolute atomic E-state index is 0.00948. The molecule has 8 heteroatoms. The zero-order valence-electron chi connectivity index (χ0n) is 10.5. The van der Waals surface area contributed by atoms with Crippen LogP contribution in [-0.2, 0) is 0 Å². The van der Waals surface area contributed by atoms with Gasteiger partial charge in [0.05, 0.1) is 16.7 Å². The number of thiocarbonyl (C=S) groups is 1. The van der Waals surface area contributed by atoms with Crippen LogP contribution in [0.4, 0.5) is 25.8 Å². The molecular weight excluding hydrogens is 300 g/mol. The Balaban J connectivity index is 2.17. The molecule has 0 aliphatic heterocycles. The Labute approximate surface area is 123 Å². The molecule has 2 rings (SSSR count). The quantitative estimate of drug-likeness (QED) is 0.514. The normalized spacial score (nSPS) is 10.0. The Morgan fingerprint density at radius 1 is 1.10 bits per heavy atom. The lowest BCUT2D eigenvalue weighted by Crippen LogP contribution is -2.20. The number of para-hydroxylation sites is 1. The van der Waals surface area contributed by atoms with Crippen LogP contribution in [0.2, 0.25) is 0 Å². The second-order valence-electron chi connectivity index (χ2n) is 3.98. The minimum atomic E-state index is -0.739. The second-order valence-corrected chi connectivity index (χ2v) is 4.39. The van der Waals surface area contributed by atoms with Gasteiger partial charge < -0.3 is 10.6 Å². The van der Waals surface area contributed by atoms with Gasteiger partial charge in [-0.1, -0.05) is 12.1 Å². The molecule has 5 nitrogen and oxygen atoms in total. The third-order valence-electron chi connectivity index (χ3n) is 2.53. The summed E-state index contributed by atoms with van der Waals surface area (Å²) in [6.07, 6.45) is 0. The fourth-order valence-corrected chi connectivity index (χ4v) is 1.82. The van der Waals surface area contributed by atoms with E-state index in [0.717, 1.165) is 12.1 Å². The van der Waals surface area contributed by atoms with E-state index in [2.05, 4.69) is 10.6 Å². The van der Waals surface area contributed by atoms with Crippen LogP contribution >= 0.6 is 12.2 Å². The number of benzene rings is 2. The van der Waals surface area contributed by atoms with Gasteiger partial charge in [-0.15, -0.1) is 0 Å². The van der Waals surface area contributed by atoms with E-state index in [0.29, 0.717) is 0 Å². The SMILES string of the molecule is O=[N+]([O-])c1cc(F)ccc1NC(=S)Nc1ccccc1F. The van der Waals surface area contributed by atoms with Gasteiger partial charge in [0.15, 0.2) is 5.11 Å². The highest BCUT2D eigenvalue weighted by atomic mass is 32.1. The summed E-state index contributed by atoms with van der Waals surface area (Å²) in [5.74, 6) is -1.25. The maximum Gasteiger partial charge on any atom is 0.295 e. The van der Waals surface area contributed by atoms with E-state index in [1.165, 1.54) is 24.3 Å². The van der Waals surface area contributed by atoms with Gasteiger partial charge in [0.2, 0.25) is 0 Å². The first-order valence-electron chi connectivity index (χ1n) is 5.74. The molecule has 0 fully saturated rings. The van der Waals surface area contributed by atoms with Crippen molar-refractivity contribution in [3.8, 4) is 0 Å². The average molecular weight is 309 g/mol. The number of nitro groups is 1. The van der Waals surface area contributed by atoms with Crippen molar-refractivity contribution in [2.45, 2.75) is 0 Å². The molecule has 0 saturated carbocycles. The van der Waals surface area contributed by atoms with Gasteiger partial charge in [-0.05, 0) is 36.5 Å². The molecule has 0 radical (unpaired) electrons. The predicted molar refractivity (Wildman–Crippen MR) is 79.3 cm³/mol. The summed E-state index contributed by atoms with van der Waals surface area (Å²) in [6, 6.07) is 8.84. The lowest BCUT2D eigenvalue weighted by Gasteiger charge is -2.11. The lowest BCUT2D eigenvalue weighted by molar-refractivity contribution is -0.384. The Kier molecular flexibility index (Phi) is 4.39. The first-order chi connectivity index (χ1) is 9.97. The van der Waals surface area contributed by atoms with E-state index in [9.17, 15) is 18.9 Å². The molecule has 2 aromatic carbocycles. The molecule has 0 saturated heterocycles. The summed E-state index contributed by atoms with van der Waals surface area (Å²) in [7, 11) is 0. The number of hydrogen-bond donors (Lipinski definition) is 2. The fourth-order valence-electron chi connectivity index (χ4n) is 1.60. The summed E-state index contributed by atoms with van der Waals surface area (Å²) < 4.78 is 26.5. The van der Waals surface area contributed by atoms with E-state index in [1.54, 1.807) is 6.07 Å². The molecule has 2 aromatic rings. The Morgan fingerprint density at radius 3 is 2.43 bits per heavy atom. The van der Waals surface area contributed by atoms with E-state index in [4.69, 9.17) is 12.2 Å². The topological polar surface area (TPSA) is 67.2 Å². The van der Waals surface area contributed by atoms with Gasteiger partial charge >= 0.3 is 0 Å². The molecular formula is C13H9F2N3O2S. The Bertz CT molecular complexity index is 710. The van der Waals surface area contributed by atoms with Crippen LogP contribution in [0.5, 0.6) is 0 Å². The largest absolute Gasteiger partial charge is 0.330 e. The molecule has 0 bridgehead atoms. The molecule has 108 valence electrons. The maximum atomic E-state index is 13.4. The molecule has 0 heterocycles. The number of nitrogens with one attached hydrogen (secondary N) is 2. The van der Waals surface area contributed by atoms with E-state index >= 15 is 0 Å². The first kappa shape index (κ1) is 14.8. The molecule has 0 aromatic heterocycles. The molecule has 2 N–H and O–H groups in total. The van der Waals surface area contributed by atoms with E-state index < -0.39 is 22.2 Å². The number of hydrogen-bond acceptors (Lipinski definition) is 3. The molecule has 21 heavy (non-hydrogen) atoms. The highest BCUT2D eigenvalue weighted by Gasteiger charge is 2.16. The number of nitro benzene ring substituents is 1. The number of anilines is 2. The highest BCUT2D eigenvalue weighted by Crippen LogP contribution is 2.25. The Hall–Kier alpha value is -2.61. The van der Waals surface area contributed by atoms with Crippen molar-refractivity contribution < 1.29 is 13.7 Å². The number of rotatable bonds is 3. The van der Waals surface area contributed by atoms with Crippen molar-refractivity contribution in [2.24, 2.45) is 0 Å². The zero-order valence-corrected chi connectivity index (χ0v) is 11.3. The summed E-state index contributed by atoms with van der Waals surface area (Å²) >= 11 is 4.95. The summed E-state index contributed by atoms with van der Waals surface area (Å²) in [5, 5.41) is 15.9. The fraction of sp³-hybridized carbons (Fsp3) is 0. The van der Waals surface area contributed by atoms with Crippen molar-refractivity contribution in [3.05, 3.63) is 64.2 Å². The van der Waals surface area contributed by atoms with Gasteiger partial charge in [-0.25, -0.2) is 8.78 Å². The third-order valence-corrected chi connectivity index (χ3v) is 2.73. The van der Waals surface area contributed by atoms with E-state index in [-0.39, 0.29) is 16.5 Å². The van der Waals surface area contributed by atoms with Crippen LogP contribution in [0.3, 0.4) is 0 Å². The van der Waals surface area contributed by atoms with Gasteiger partial charge in [0.25, 0.3) is 5.69 Å². The van der Waals surface area contributed by atoms with Crippen LogP contribution in [-0.4, -0.2) is 10.0 Å². The summed E-state index contributed by atoms with van der Waals surface area (Å²) in [6.45, 7) is 0. The summed E-state index contributed by atoms with van der Waals surface area (Å²) in [5.41, 5.74) is -0.331. The standard InChI is InChI=1S/C13H9F2N3O2S/c14-8-5-6-11(12(7-8)18(19)20)17-13(21)16-10-4-2-1-3-9(10)15/h1-7H,(H2,16,17,21). The van der Waals surface area contributed by atoms with E-state index in [1.807, 2.05) is 0 Å². The average Bonchev–Trinajstić information content (AvgIpc) is 2.43. The lowest BCUT2D eigenvalue weighted by atomic mass is 10.2. The van der Waals surface area contributed by atoms with Crippen LogP contribution in [0.25, 0.3) is 0 Å². The molecule has 0 unspecified atom stereocenters. The molecule has 0 atom stereocenters. The first-order valence-corrected chi connectivity index (χ1v) is 6.14. The van der Waals surface area contributed by atoms with Crippen molar-refractivity contribution in [3.63, 3.8) is 0 Å². The molecule has 0 spiro atoms. The number of nitrogens with zero attached hydrogens (tertiary/aromatic N) is 1. The van der Waals surface area contributed by atoms with Crippen LogP contribution in [0.15, 0.2) is 42.5 Å². The van der Waals surface area contributed by atoms with Crippen LogP contribution in [0.1, 0.15) is 0 Å². The van der Waals surface area contributed by atoms with Gasteiger partial charge in [-0.3, -0.25) is 10.1 Å². The van der Waals surface area contributed by atoms with Crippen molar-refractivity contribution in [2.75, 3.05) is 10.6 Å². The van der Waals surface area contributed by atoms with Crippen LogP contribution in [0, 0.1) is 21.7 Å². The molecule has 0 amide bonds.